The van der Waals surface area contributed by atoms with Gasteiger partial charge in [-0.2, -0.15) is 0 Å². The maximum absolute atomic E-state index is 11.7. The van der Waals surface area contributed by atoms with Crippen molar-refractivity contribution in [1.29, 1.82) is 0 Å². The molecule has 104 valence electrons. The van der Waals surface area contributed by atoms with Crippen LogP contribution in [0.3, 0.4) is 0 Å². The van der Waals surface area contributed by atoms with Crippen LogP contribution in [-0.2, 0) is 9.84 Å². The fraction of sp³-hybridized carbons (Fsp3) is 0.462. The van der Waals surface area contributed by atoms with E-state index in [0.717, 1.165) is 11.3 Å². The highest BCUT2D eigenvalue weighted by molar-refractivity contribution is 7.91. The lowest BCUT2D eigenvalue weighted by Crippen LogP contribution is -2.33. The number of anilines is 1. The molecule has 1 unspecified atom stereocenters. The molecule has 0 saturated carbocycles. The van der Waals surface area contributed by atoms with Crippen LogP contribution in [0.25, 0.3) is 0 Å². The third-order valence-electron chi connectivity index (χ3n) is 3.15. The number of hydrogen-bond acceptors (Lipinski definition) is 3. The summed E-state index contributed by atoms with van der Waals surface area (Å²) in [6, 6.07) is 7.21. The molecular formula is C13H18N2O3S. The number of amides is 2. The zero-order valence-electron chi connectivity index (χ0n) is 10.8. The van der Waals surface area contributed by atoms with Gasteiger partial charge in [0.25, 0.3) is 0 Å². The van der Waals surface area contributed by atoms with Crippen molar-refractivity contribution in [3.8, 4) is 0 Å². The number of carbonyl (C=O) groups excluding carboxylic acids is 1. The van der Waals surface area contributed by atoms with Crippen LogP contribution >= 0.6 is 0 Å². The second kappa shape index (κ2) is 5.61. The molecule has 2 amide bonds. The Morgan fingerprint density at radius 3 is 2.84 bits per heavy atom. The van der Waals surface area contributed by atoms with Crippen molar-refractivity contribution in [3.05, 3.63) is 29.8 Å². The molecule has 1 heterocycles. The Bertz CT molecular complexity index is 569. The van der Waals surface area contributed by atoms with Crippen molar-refractivity contribution >= 4 is 21.6 Å². The molecule has 19 heavy (non-hydrogen) atoms. The number of aryl methyl sites for hydroxylation is 1. The topological polar surface area (TPSA) is 75.3 Å². The molecule has 1 aliphatic heterocycles. The van der Waals surface area contributed by atoms with Gasteiger partial charge in [-0.15, -0.1) is 0 Å². The fourth-order valence-electron chi connectivity index (χ4n) is 2.17. The highest BCUT2D eigenvalue weighted by Gasteiger charge is 2.27. The molecule has 6 heteroatoms. The van der Waals surface area contributed by atoms with Crippen LogP contribution in [0, 0.1) is 12.8 Å². The molecule has 2 rings (SSSR count). The molecule has 1 saturated heterocycles. The minimum Gasteiger partial charge on any atom is -0.338 e. The average molecular weight is 282 g/mol. The third-order valence-corrected chi connectivity index (χ3v) is 4.99. The van der Waals surface area contributed by atoms with Gasteiger partial charge in [0, 0.05) is 12.2 Å². The van der Waals surface area contributed by atoms with Crippen LogP contribution in [0.4, 0.5) is 10.5 Å². The molecule has 1 aliphatic rings. The molecule has 5 nitrogen and oxygen atoms in total. The lowest BCUT2D eigenvalue weighted by molar-refractivity contribution is 0.250. The minimum atomic E-state index is -2.88. The molecule has 1 fully saturated rings. The summed E-state index contributed by atoms with van der Waals surface area (Å²) >= 11 is 0. The number of urea groups is 1. The van der Waals surface area contributed by atoms with E-state index in [1.54, 1.807) is 0 Å². The van der Waals surface area contributed by atoms with Gasteiger partial charge in [0.1, 0.15) is 0 Å². The van der Waals surface area contributed by atoms with Gasteiger partial charge >= 0.3 is 6.03 Å². The summed E-state index contributed by atoms with van der Waals surface area (Å²) in [7, 11) is -2.88. The van der Waals surface area contributed by atoms with E-state index >= 15 is 0 Å². The van der Waals surface area contributed by atoms with Gasteiger partial charge in [0.2, 0.25) is 0 Å². The first-order chi connectivity index (χ1) is 8.94. The largest absolute Gasteiger partial charge is 0.338 e. The van der Waals surface area contributed by atoms with E-state index in [1.807, 2.05) is 31.2 Å². The Morgan fingerprint density at radius 1 is 1.42 bits per heavy atom. The predicted molar refractivity (Wildman–Crippen MR) is 75.0 cm³/mol. The van der Waals surface area contributed by atoms with Crippen molar-refractivity contribution in [2.45, 2.75) is 13.3 Å². The summed E-state index contributed by atoms with van der Waals surface area (Å²) in [6.07, 6.45) is 0.632. The smallest absolute Gasteiger partial charge is 0.319 e. The second-order valence-corrected chi connectivity index (χ2v) is 7.20. The zero-order chi connectivity index (χ0) is 13.9. The molecule has 0 aliphatic carbocycles. The van der Waals surface area contributed by atoms with E-state index in [9.17, 15) is 13.2 Å². The van der Waals surface area contributed by atoms with Crippen molar-refractivity contribution in [2.24, 2.45) is 5.92 Å². The van der Waals surface area contributed by atoms with Gasteiger partial charge in [-0.3, -0.25) is 0 Å². The predicted octanol–water partition coefficient (Wildman–Crippen LogP) is 1.55. The second-order valence-electron chi connectivity index (χ2n) is 4.97. The Morgan fingerprint density at radius 2 is 2.21 bits per heavy atom. The molecule has 1 aromatic rings. The van der Waals surface area contributed by atoms with Gasteiger partial charge < -0.3 is 10.6 Å². The standard InChI is InChI=1S/C13H18N2O3S/c1-10-3-2-4-12(7-10)15-13(16)14-8-11-5-6-19(17,18)9-11/h2-4,7,11H,5-6,8-9H2,1H3,(H2,14,15,16). The molecule has 0 bridgehead atoms. The van der Waals surface area contributed by atoms with Gasteiger partial charge in [-0.1, -0.05) is 12.1 Å². The van der Waals surface area contributed by atoms with Crippen LogP contribution in [0.2, 0.25) is 0 Å². The number of hydrogen-bond donors (Lipinski definition) is 2. The lowest BCUT2D eigenvalue weighted by Gasteiger charge is -2.11. The summed E-state index contributed by atoms with van der Waals surface area (Å²) in [5.74, 6) is 0.449. The lowest BCUT2D eigenvalue weighted by atomic mass is 10.1. The van der Waals surface area contributed by atoms with E-state index in [0.29, 0.717) is 13.0 Å². The quantitative estimate of drug-likeness (QED) is 0.883. The molecule has 1 atom stereocenters. The van der Waals surface area contributed by atoms with Crippen molar-refractivity contribution < 1.29 is 13.2 Å². The van der Waals surface area contributed by atoms with Gasteiger partial charge in [-0.05, 0) is 37.0 Å². The molecule has 0 aromatic heterocycles. The Balaban J connectivity index is 1.79. The maximum Gasteiger partial charge on any atom is 0.319 e. The van der Waals surface area contributed by atoms with E-state index < -0.39 is 9.84 Å². The number of carbonyl (C=O) groups is 1. The van der Waals surface area contributed by atoms with Gasteiger partial charge in [0.15, 0.2) is 9.84 Å². The number of nitrogens with one attached hydrogen (secondary N) is 2. The van der Waals surface area contributed by atoms with Crippen LogP contribution < -0.4 is 10.6 Å². The van der Waals surface area contributed by atoms with Crippen LogP contribution in [0.5, 0.6) is 0 Å². The number of sulfone groups is 1. The molecule has 0 spiro atoms. The van der Waals surface area contributed by atoms with Crippen molar-refractivity contribution in [1.82, 2.24) is 5.32 Å². The highest BCUT2D eigenvalue weighted by atomic mass is 32.2. The highest BCUT2D eigenvalue weighted by Crippen LogP contribution is 2.17. The van der Waals surface area contributed by atoms with Gasteiger partial charge in [0.05, 0.1) is 11.5 Å². The number of benzene rings is 1. The average Bonchev–Trinajstić information content (AvgIpc) is 2.66. The molecule has 0 radical (unpaired) electrons. The SMILES string of the molecule is Cc1cccc(NC(=O)NCC2CCS(=O)(=O)C2)c1. The Labute approximate surface area is 113 Å². The number of rotatable bonds is 3. The first kappa shape index (κ1) is 13.9. The zero-order valence-corrected chi connectivity index (χ0v) is 11.7. The molecule has 2 N–H and O–H groups in total. The van der Waals surface area contributed by atoms with E-state index in [1.165, 1.54) is 0 Å². The summed E-state index contributed by atoms with van der Waals surface area (Å²) in [4.78, 5) is 11.7. The summed E-state index contributed by atoms with van der Waals surface area (Å²) < 4.78 is 22.6. The monoisotopic (exact) mass is 282 g/mol. The van der Waals surface area contributed by atoms with Crippen LogP contribution in [-0.4, -0.2) is 32.5 Å². The Hall–Kier alpha value is -1.56. The van der Waals surface area contributed by atoms with Crippen molar-refractivity contribution in [2.75, 3.05) is 23.4 Å². The minimum absolute atomic E-state index is 0.0354. The summed E-state index contributed by atoms with van der Waals surface area (Å²) in [5.41, 5.74) is 1.80. The summed E-state index contributed by atoms with van der Waals surface area (Å²) in [5, 5.41) is 5.44. The van der Waals surface area contributed by atoms with E-state index in [2.05, 4.69) is 10.6 Å². The van der Waals surface area contributed by atoms with Crippen molar-refractivity contribution in [3.63, 3.8) is 0 Å². The van der Waals surface area contributed by atoms with Gasteiger partial charge in [-0.25, -0.2) is 13.2 Å². The van der Waals surface area contributed by atoms with Crippen LogP contribution in [0.15, 0.2) is 24.3 Å². The normalized spacial score (nSPS) is 21.0. The van der Waals surface area contributed by atoms with Crippen LogP contribution in [0.1, 0.15) is 12.0 Å². The maximum atomic E-state index is 11.7. The molecule has 1 aromatic carbocycles. The molecular weight excluding hydrogens is 264 g/mol. The Kier molecular flexibility index (Phi) is 4.09. The summed E-state index contributed by atoms with van der Waals surface area (Å²) in [6.45, 7) is 2.35. The van der Waals surface area contributed by atoms with E-state index in [-0.39, 0.29) is 23.5 Å². The first-order valence-corrected chi connectivity index (χ1v) is 8.09. The van der Waals surface area contributed by atoms with E-state index in [4.69, 9.17) is 0 Å². The first-order valence-electron chi connectivity index (χ1n) is 6.26. The fourth-order valence-corrected chi connectivity index (χ4v) is 4.03. The third kappa shape index (κ3) is 4.24.